The van der Waals surface area contributed by atoms with Gasteiger partial charge in [0.25, 0.3) is 0 Å². The minimum Gasteiger partial charge on any atom is -0.309 e. The fourth-order valence-electron chi connectivity index (χ4n) is 1.51. The van der Waals surface area contributed by atoms with Crippen molar-refractivity contribution >= 4 is 0 Å². The maximum absolute atomic E-state index is 4.28. The number of hydrogen-bond acceptors (Lipinski definition) is 2. The molecule has 1 atom stereocenters. The quantitative estimate of drug-likeness (QED) is 0.741. The van der Waals surface area contributed by atoms with Gasteiger partial charge in [0.05, 0.1) is 5.69 Å². The minimum absolute atomic E-state index is 0.539. The van der Waals surface area contributed by atoms with Gasteiger partial charge in [-0.2, -0.15) is 0 Å². The lowest BCUT2D eigenvalue weighted by Crippen LogP contribution is -2.25. The van der Waals surface area contributed by atoms with Gasteiger partial charge in [0.2, 0.25) is 0 Å². The molecule has 0 fully saturated rings. The van der Waals surface area contributed by atoms with Gasteiger partial charge >= 0.3 is 0 Å². The van der Waals surface area contributed by atoms with Crippen molar-refractivity contribution in [3.8, 4) is 0 Å². The number of rotatable bonds is 6. The standard InChI is InChI=1S/C14H22N2/c1-12(2)7-6-8-13(3)16-11-14-9-4-5-10-15-14/h4-5,7,9-10,13,16H,6,8,11H2,1-3H3. The van der Waals surface area contributed by atoms with Gasteiger partial charge in [0.15, 0.2) is 0 Å². The first kappa shape index (κ1) is 12.9. The Labute approximate surface area is 98.8 Å². The van der Waals surface area contributed by atoms with E-state index >= 15 is 0 Å². The highest BCUT2D eigenvalue weighted by Crippen LogP contribution is 2.02. The Hall–Kier alpha value is -1.15. The van der Waals surface area contributed by atoms with Gasteiger partial charge in [-0.05, 0) is 45.7 Å². The molecule has 0 saturated carbocycles. The molecule has 2 nitrogen and oxygen atoms in total. The van der Waals surface area contributed by atoms with Crippen LogP contribution in [0, 0.1) is 0 Å². The summed E-state index contributed by atoms with van der Waals surface area (Å²) in [4.78, 5) is 4.28. The van der Waals surface area contributed by atoms with Crippen LogP contribution < -0.4 is 5.32 Å². The molecule has 2 heteroatoms. The van der Waals surface area contributed by atoms with Crippen LogP contribution in [0.4, 0.5) is 0 Å². The molecule has 16 heavy (non-hydrogen) atoms. The van der Waals surface area contributed by atoms with Crippen LogP contribution in [0.15, 0.2) is 36.0 Å². The summed E-state index contributed by atoms with van der Waals surface area (Å²) in [6.07, 6.45) is 6.46. The molecule has 0 saturated heterocycles. The van der Waals surface area contributed by atoms with Crippen LogP contribution in [0.1, 0.15) is 39.3 Å². The van der Waals surface area contributed by atoms with E-state index in [0.717, 1.165) is 18.7 Å². The van der Waals surface area contributed by atoms with Gasteiger partial charge in [0, 0.05) is 18.8 Å². The molecule has 1 aromatic rings. The van der Waals surface area contributed by atoms with E-state index in [1.54, 1.807) is 0 Å². The summed E-state index contributed by atoms with van der Waals surface area (Å²) in [5.41, 5.74) is 2.51. The first-order valence-electron chi connectivity index (χ1n) is 5.95. The number of nitrogens with zero attached hydrogens (tertiary/aromatic N) is 1. The number of hydrogen-bond donors (Lipinski definition) is 1. The van der Waals surface area contributed by atoms with Crippen LogP contribution in [0.3, 0.4) is 0 Å². The topological polar surface area (TPSA) is 24.9 Å². The van der Waals surface area contributed by atoms with Crippen LogP contribution in [-0.4, -0.2) is 11.0 Å². The molecule has 0 aliphatic rings. The summed E-state index contributed by atoms with van der Waals surface area (Å²) >= 11 is 0. The molecule has 1 aromatic heterocycles. The van der Waals surface area contributed by atoms with E-state index in [9.17, 15) is 0 Å². The lowest BCUT2D eigenvalue weighted by Gasteiger charge is -2.12. The SMILES string of the molecule is CC(C)=CCCC(C)NCc1ccccn1. The molecule has 1 rings (SSSR count). The normalized spacial score (nSPS) is 12.2. The molecule has 0 aliphatic heterocycles. The molecule has 88 valence electrons. The molecule has 0 bridgehead atoms. The van der Waals surface area contributed by atoms with Crippen molar-refractivity contribution in [2.75, 3.05) is 0 Å². The first-order valence-corrected chi connectivity index (χ1v) is 5.95. The zero-order chi connectivity index (χ0) is 11.8. The van der Waals surface area contributed by atoms with Crippen LogP contribution >= 0.6 is 0 Å². The highest BCUT2D eigenvalue weighted by Gasteiger charge is 2.00. The Bertz CT molecular complexity index is 313. The van der Waals surface area contributed by atoms with E-state index in [4.69, 9.17) is 0 Å². The van der Waals surface area contributed by atoms with Gasteiger partial charge in [-0.25, -0.2) is 0 Å². The third-order valence-corrected chi connectivity index (χ3v) is 2.51. The second-order valence-corrected chi connectivity index (χ2v) is 4.46. The Morgan fingerprint density at radius 1 is 1.44 bits per heavy atom. The van der Waals surface area contributed by atoms with Crippen LogP contribution in [0.5, 0.6) is 0 Å². The van der Waals surface area contributed by atoms with Gasteiger partial charge in [-0.1, -0.05) is 17.7 Å². The second kappa shape index (κ2) is 7.18. The molecule has 1 unspecified atom stereocenters. The summed E-state index contributed by atoms with van der Waals surface area (Å²) in [6.45, 7) is 7.37. The number of aromatic nitrogens is 1. The molecule has 1 N–H and O–H groups in total. The molecule has 1 heterocycles. The van der Waals surface area contributed by atoms with Crippen molar-refractivity contribution < 1.29 is 0 Å². The maximum atomic E-state index is 4.28. The van der Waals surface area contributed by atoms with Crippen molar-refractivity contribution in [2.24, 2.45) is 0 Å². The van der Waals surface area contributed by atoms with E-state index in [0.29, 0.717) is 6.04 Å². The van der Waals surface area contributed by atoms with Crippen molar-refractivity contribution in [3.63, 3.8) is 0 Å². The van der Waals surface area contributed by atoms with Crippen molar-refractivity contribution in [3.05, 3.63) is 41.7 Å². The van der Waals surface area contributed by atoms with E-state index in [-0.39, 0.29) is 0 Å². The van der Waals surface area contributed by atoms with Crippen LogP contribution in [0.2, 0.25) is 0 Å². The maximum Gasteiger partial charge on any atom is 0.0541 e. The number of allylic oxidation sites excluding steroid dienone is 2. The average Bonchev–Trinajstić information content (AvgIpc) is 2.27. The van der Waals surface area contributed by atoms with E-state index < -0.39 is 0 Å². The highest BCUT2D eigenvalue weighted by atomic mass is 14.9. The van der Waals surface area contributed by atoms with Crippen LogP contribution in [0.25, 0.3) is 0 Å². The smallest absolute Gasteiger partial charge is 0.0541 e. The fourth-order valence-corrected chi connectivity index (χ4v) is 1.51. The summed E-state index contributed by atoms with van der Waals surface area (Å²) in [7, 11) is 0. The number of nitrogens with one attached hydrogen (secondary N) is 1. The molecular weight excluding hydrogens is 196 g/mol. The Kier molecular flexibility index (Phi) is 5.79. The fraction of sp³-hybridized carbons (Fsp3) is 0.500. The lowest BCUT2D eigenvalue weighted by molar-refractivity contribution is 0.513. The zero-order valence-electron chi connectivity index (χ0n) is 10.5. The van der Waals surface area contributed by atoms with Gasteiger partial charge in [-0.15, -0.1) is 0 Å². The second-order valence-electron chi connectivity index (χ2n) is 4.46. The molecular formula is C14H22N2. The van der Waals surface area contributed by atoms with E-state index in [1.807, 2.05) is 18.3 Å². The minimum atomic E-state index is 0.539. The molecule has 0 aromatic carbocycles. The van der Waals surface area contributed by atoms with Crippen molar-refractivity contribution in [2.45, 2.75) is 46.2 Å². The molecule has 0 spiro atoms. The zero-order valence-corrected chi connectivity index (χ0v) is 10.5. The van der Waals surface area contributed by atoms with Crippen molar-refractivity contribution in [1.29, 1.82) is 0 Å². The third kappa shape index (κ3) is 5.66. The summed E-state index contributed by atoms with van der Waals surface area (Å²) in [5.74, 6) is 0. The molecule has 0 aliphatic carbocycles. The predicted molar refractivity (Wildman–Crippen MR) is 69.2 cm³/mol. The first-order chi connectivity index (χ1) is 7.68. The van der Waals surface area contributed by atoms with Gasteiger partial charge in [0.1, 0.15) is 0 Å². The Morgan fingerprint density at radius 2 is 2.25 bits per heavy atom. The summed E-state index contributed by atoms with van der Waals surface area (Å²) in [5, 5.41) is 3.48. The predicted octanol–water partition coefficient (Wildman–Crippen LogP) is 3.31. The Balaban J connectivity index is 2.20. The van der Waals surface area contributed by atoms with E-state index in [1.165, 1.54) is 12.0 Å². The van der Waals surface area contributed by atoms with Gasteiger partial charge < -0.3 is 5.32 Å². The van der Waals surface area contributed by atoms with Gasteiger partial charge in [-0.3, -0.25) is 4.98 Å². The van der Waals surface area contributed by atoms with Crippen molar-refractivity contribution in [1.82, 2.24) is 10.3 Å². The lowest BCUT2D eigenvalue weighted by atomic mass is 10.1. The third-order valence-electron chi connectivity index (χ3n) is 2.51. The average molecular weight is 218 g/mol. The highest BCUT2D eigenvalue weighted by molar-refractivity contribution is 5.03. The van der Waals surface area contributed by atoms with Crippen LogP contribution in [-0.2, 0) is 6.54 Å². The largest absolute Gasteiger partial charge is 0.309 e. The van der Waals surface area contributed by atoms with E-state index in [2.05, 4.69) is 43.2 Å². The Morgan fingerprint density at radius 3 is 2.88 bits per heavy atom. The summed E-state index contributed by atoms with van der Waals surface area (Å²) < 4.78 is 0. The molecule has 0 amide bonds. The monoisotopic (exact) mass is 218 g/mol. The number of pyridine rings is 1. The molecule has 0 radical (unpaired) electrons. The summed E-state index contributed by atoms with van der Waals surface area (Å²) in [6, 6.07) is 6.56.